The second-order valence-electron chi connectivity index (χ2n) is 10.1. The summed E-state index contributed by atoms with van der Waals surface area (Å²) in [4.78, 5) is 20.5. The molecule has 0 aliphatic carbocycles. The fourth-order valence-electron chi connectivity index (χ4n) is 4.23. The van der Waals surface area contributed by atoms with E-state index in [4.69, 9.17) is 0 Å². The maximum absolute atomic E-state index is 10.5. The standard InChI is InChI=1S/C16H31N2.C14H26O4/c1-3-4-5-6-7-8-9-10-11-12-13-18-15-14-17(2)16-18;1-2-3-4-5-6-7-8-9-10-11-12-18-14(17)13(15)16/h14-16H,3-13H2,1-2H3;2-12H2,1H3,(H,15,16)/q+1;/p-1. The Kier molecular flexibility index (Phi) is 24.9. The maximum Gasteiger partial charge on any atom is 0.354 e. The first kappa shape index (κ1) is 34.1. The highest BCUT2D eigenvalue weighted by atomic mass is 16.6. The smallest absolute Gasteiger partial charge is 0.354 e. The molecular weight excluding hydrogens is 452 g/mol. The molecule has 0 radical (unpaired) electrons. The number of aliphatic carboxylic acids is 1. The number of carbonyl (C=O) groups excluding carboxylic acids is 2. The van der Waals surface area contributed by atoms with Crippen LogP contribution in [0, 0.1) is 0 Å². The summed E-state index contributed by atoms with van der Waals surface area (Å²) >= 11 is 0. The number of imidazole rings is 1. The predicted molar refractivity (Wildman–Crippen MR) is 145 cm³/mol. The molecule has 0 spiro atoms. The molecule has 1 aromatic rings. The van der Waals surface area contributed by atoms with E-state index >= 15 is 0 Å². The zero-order valence-electron chi connectivity index (χ0n) is 23.8. The minimum atomic E-state index is -1.76. The van der Waals surface area contributed by atoms with Crippen LogP contribution in [-0.2, 0) is 27.9 Å². The summed E-state index contributed by atoms with van der Waals surface area (Å²) in [5.41, 5.74) is 0. The highest BCUT2D eigenvalue weighted by Gasteiger charge is 2.02. The Hall–Kier alpha value is -1.85. The van der Waals surface area contributed by atoms with E-state index in [1.165, 1.54) is 116 Å². The van der Waals surface area contributed by atoms with Gasteiger partial charge in [0.15, 0.2) is 5.97 Å². The fraction of sp³-hybridized carbons (Fsp3) is 0.833. The second kappa shape index (κ2) is 26.2. The number of carboxylic acid groups (broad SMARTS) is 1. The van der Waals surface area contributed by atoms with E-state index in [9.17, 15) is 14.7 Å². The Labute approximate surface area is 221 Å². The molecule has 0 aromatic carbocycles. The number of hydrogen-bond donors (Lipinski definition) is 0. The Bertz CT molecular complexity index is 630. The number of unbranched alkanes of at least 4 members (excludes halogenated alkanes) is 18. The van der Waals surface area contributed by atoms with Crippen molar-refractivity contribution in [1.29, 1.82) is 0 Å². The highest BCUT2D eigenvalue weighted by Crippen LogP contribution is 2.11. The molecule has 6 nitrogen and oxygen atoms in total. The summed E-state index contributed by atoms with van der Waals surface area (Å²) in [7, 11) is 2.08. The lowest BCUT2D eigenvalue weighted by molar-refractivity contribution is -0.696. The number of carboxylic acids is 1. The molecule has 0 N–H and O–H groups in total. The minimum Gasteiger partial charge on any atom is -0.539 e. The summed E-state index contributed by atoms with van der Waals surface area (Å²) in [5.74, 6) is -3.02. The van der Waals surface area contributed by atoms with Gasteiger partial charge in [0.2, 0.25) is 6.33 Å². The predicted octanol–water partition coefficient (Wildman–Crippen LogP) is 6.43. The average Bonchev–Trinajstić information content (AvgIpc) is 3.28. The second-order valence-corrected chi connectivity index (χ2v) is 10.1. The molecule has 0 atom stereocenters. The molecule has 0 unspecified atom stereocenters. The van der Waals surface area contributed by atoms with Gasteiger partial charge < -0.3 is 14.6 Å². The van der Waals surface area contributed by atoms with Crippen molar-refractivity contribution in [3.05, 3.63) is 18.7 Å². The third kappa shape index (κ3) is 23.9. The molecular formula is C30H56N2O4. The number of esters is 1. The lowest BCUT2D eigenvalue weighted by Crippen LogP contribution is -2.33. The van der Waals surface area contributed by atoms with Crippen molar-refractivity contribution in [1.82, 2.24) is 4.57 Å². The largest absolute Gasteiger partial charge is 0.539 e. The van der Waals surface area contributed by atoms with E-state index in [0.717, 1.165) is 19.3 Å². The van der Waals surface area contributed by atoms with Gasteiger partial charge in [-0.3, -0.25) is 0 Å². The molecule has 36 heavy (non-hydrogen) atoms. The Balaban J connectivity index is 0.000000681. The van der Waals surface area contributed by atoms with Crippen molar-refractivity contribution in [2.75, 3.05) is 6.61 Å². The molecule has 1 rings (SSSR count). The average molecular weight is 509 g/mol. The van der Waals surface area contributed by atoms with E-state index in [0.29, 0.717) is 0 Å². The van der Waals surface area contributed by atoms with Gasteiger partial charge in [0, 0.05) is 0 Å². The lowest BCUT2D eigenvalue weighted by Gasteiger charge is -2.05. The molecule has 0 fully saturated rings. The fourth-order valence-corrected chi connectivity index (χ4v) is 4.23. The van der Waals surface area contributed by atoms with E-state index in [1.54, 1.807) is 0 Å². The Morgan fingerprint density at radius 1 is 0.694 bits per heavy atom. The minimum absolute atomic E-state index is 0.184. The van der Waals surface area contributed by atoms with Crippen molar-refractivity contribution in [3.63, 3.8) is 0 Å². The zero-order chi connectivity index (χ0) is 26.7. The van der Waals surface area contributed by atoms with Gasteiger partial charge in [-0.2, -0.15) is 0 Å². The van der Waals surface area contributed by atoms with Gasteiger partial charge >= 0.3 is 5.97 Å². The SMILES string of the molecule is CCCCCCCCCCCCOC(=O)C(=O)[O-].CCCCCCCCCCCC[n+]1ccn(C)c1. The van der Waals surface area contributed by atoms with Gasteiger partial charge in [-0.05, 0) is 19.3 Å². The first-order chi connectivity index (χ1) is 17.5. The van der Waals surface area contributed by atoms with E-state index in [-0.39, 0.29) is 6.61 Å². The number of rotatable bonds is 22. The molecule has 210 valence electrons. The molecule has 1 heterocycles. The van der Waals surface area contributed by atoms with Crippen LogP contribution in [0.5, 0.6) is 0 Å². The number of carbonyl (C=O) groups is 2. The van der Waals surface area contributed by atoms with Gasteiger partial charge in [-0.25, -0.2) is 13.9 Å². The summed E-state index contributed by atoms with van der Waals surface area (Å²) in [6.45, 7) is 5.86. The number of hydrogen-bond acceptors (Lipinski definition) is 4. The first-order valence-corrected chi connectivity index (χ1v) is 14.9. The van der Waals surface area contributed by atoms with Crippen molar-refractivity contribution in [3.8, 4) is 0 Å². The monoisotopic (exact) mass is 508 g/mol. The quantitative estimate of drug-likeness (QED) is 0.0782. The molecule has 0 saturated carbocycles. The van der Waals surface area contributed by atoms with Crippen molar-refractivity contribution in [2.24, 2.45) is 7.05 Å². The van der Waals surface area contributed by atoms with Gasteiger partial charge in [0.25, 0.3) is 0 Å². The Morgan fingerprint density at radius 2 is 1.11 bits per heavy atom. The van der Waals surface area contributed by atoms with Crippen LogP contribution in [0.25, 0.3) is 0 Å². The first-order valence-electron chi connectivity index (χ1n) is 14.9. The molecule has 0 aliphatic rings. The van der Waals surface area contributed by atoms with Crippen LogP contribution in [0.15, 0.2) is 18.7 Å². The molecule has 0 bridgehead atoms. The lowest BCUT2D eigenvalue weighted by atomic mass is 10.1. The van der Waals surface area contributed by atoms with Crippen molar-refractivity contribution < 1.29 is 24.0 Å². The highest BCUT2D eigenvalue weighted by molar-refractivity contribution is 6.27. The van der Waals surface area contributed by atoms with E-state index in [1.807, 2.05) is 0 Å². The van der Waals surface area contributed by atoms with Crippen molar-refractivity contribution in [2.45, 2.75) is 149 Å². The number of ether oxygens (including phenoxy) is 1. The normalized spacial score (nSPS) is 10.6. The third-order valence-electron chi connectivity index (χ3n) is 6.49. The molecule has 1 aromatic heterocycles. The number of aromatic nitrogens is 2. The van der Waals surface area contributed by atoms with Crippen LogP contribution < -0.4 is 9.67 Å². The molecule has 0 aliphatic heterocycles. The van der Waals surface area contributed by atoms with Gasteiger partial charge in [-0.1, -0.05) is 123 Å². The summed E-state index contributed by atoms with van der Waals surface area (Å²) in [5, 5.41) is 10.0. The zero-order valence-corrected chi connectivity index (χ0v) is 23.8. The van der Waals surface area contributed by atoms with Gasteiger partial charge in [0.1, 0.15) is 12.4 Å². The number of aryl methyl sites for hydroxylation is 2. The van der Waals surface area contributed by atoms with Crippen LogP contribution in [-0.4, -0.2) is 23.1 Å². The van der Waals surface area contributed by atoms with Crippen LogP contribution in [0.2, 0.25) is 0 Å². The topological polar surface area (TPSA) is 75.2 Å². The van der Waals surface area contributed by atoms with Gasteiger partial charge in [0.05, 0.1) is 20.2 Å². The molecule has 0 amide bonds. The van der Waals surface area contributed by atoms with Crippen LogP contribution >= 0.6 is 0 Å². The summed E-state index contributed by atoms with van der Waals surface area (Å²) in [6.07, 6.45) is 32.5. The van der Waals surface area contributed by atoms with Crippen LogP contribution in [0.3, 0.4) is 0 Å². The summed E-state index contributed by atoms with van der Waals surface area (Å²) < 4.78 is 8.86. The van der Waals surface area contributed by atoms with Crippen LogP contribution in [0.4, 0.5) is 0 Å². The van der Waals surface area contributed by atoms with Gasteiger partial charge in [-0.15, -0.1) is 0 Å². The third-order valence-corrected chi connectivity index (χ3v) is 6.49. The van der Waals surface area contributed by atoms with E-state index in [2.05, 4.69) is 53.5 Å². The van der Waals surface area contributed by atoms with Crippen molar-refractivity contribution >= 4 is 11.9 Å². The Morgan fingerprint density at radius 3 is 1.50 bits per heavy atom. The summed E-state index contributed by atoms with van der Waals surface area (Å²) in [6, 6.07) is 0. The number of nitrogens with zero attached hydrogens (tertiary/aromatic N) is 2. The maximum atomic E-state index is 10.5. The van der Waals surface area contributed by atoms with Crippen LogP contribution in [0.1, 0.15) is 142 Å². The molecule has 0 saturated heterocycles. The molecule has 6 heteroatoms. The van der Waals surface area contributed by atoms with E-state index < -0.39 is 11.9 Å².